The molecule has 0 saturated carbocycles. The van der Waals surface area contributed by atoms with E-state index in [4.69, 9.17) is 10.6 Å². The zero-order chi connectivity index (χ0) is 8.27. The van der Waals surface area contributed by atoms with Gasteiger partial charge in [0.1, 0.15) is 0 Å². The van der Waals surface area contributed by atoms with Crippen molar-refractivity contribution >= 4 is 11.5 Å². The highest BCUT2D eigenvalue weighted by Crippen LogP contribution is 2.11. The molecule has 0 fully saturated rings. The molecule has 0 unspecified atom stereocenters. The van der Waals surface area contributed by atoms with Gasteiger partial charge in [-0.15, -0.1) is 0 Å². The van der Waals surface area contributed by atoms with E-state index in [1.807, 2.05) is 0 Å². The second-order valence-corrected chi connectivity index (χ2v) is 2.13. The summed E-state index contributed by atoms with van der Waals surface area (Å²) < 4.78 is 0. The van der Waals surface area contributed by atoms with Crippen molar-refractivity contribution in [2.24, 2.45) is 0 Å². The average Bonchev–Trinajstić information content (AvgIpc) is 2.03. The van der Waals surface area contributed by atoms with Crippen LogP contribution < -0.4 is 10.8 Å². The second kappa shape index (κ2) is 3.21. The number of anilines is 2. The van der Waals surface area contributed by atoms with E-state index in [-0.39, 0.29) is 0 Å². The molecule has 0 aliphatic carbocycles. The quantitative estimate of drug-likeness (QED) is 0.634. The normalized spacial score (nSPS) is 9.64. The molecule has 0 aromatic carbocycles. The fraction of sp³-hybridized carbons (Fsp3) is 0.286. The Kier molecular flexibility index (Phi) is 2.28. The first-order valence-corrected chi connectivity index (χ1v) is 3.23. The highest BCUT2D eigenvalue weighted by atomic mass is 16.7. The third-order valence-corrected chi connectivity index (χ3v) is 1.37. The molecule has 0 saturated heterocycles. The first-order chi connectivity index (χ1) is 5.24. The number of hydroxylamine groups is 1. The summed E-state index contributed by atoms with van der Waals surface area (Å²) in [5.41, 5.74) is 6.21. The molecule has 4 nitrogen and oxygen atoms in total. The molecule has 60 valence electrons. The van der Waals surface area contributed by atoms with Crippen LogP contribution in [0, 0.1) is 0 Å². The van der Waals surface area contributed by atoms with Gasteiger partial charge < -0.3 is 5.73 Å². The predicted molar refractivity (Wildman–Crippen MR) is 44.1 cm³/mol. The van der Waals surface area contributed by atoms with Gasteiger partial charge in [0.2, 0.25) is 0 Å². The Bertz CT molecular complexity index is 239. The lowest BCUT2D eigenvalue weighted by Gasteiger charge is -2.13. The maximum atomic E-state index is 5.53. The van der Waals surface area contributed by atoms with E-state index in [1.165, 1.54) is 5.06 Å². The Hall–Kier alpha value is -1.29. The Labute approximate surface area is 65.5 Å². The Balaban J connectivity index is 2.86. The van der Waals surface area contributed by atoms with Crippen molar-refractivity contribution in [2.75, 3.05) is 25.0 Å². The van der Waals surface area contributed by atoms with Crippen LogP contribution in [-0.2, 0) is 4.84 Å². The van der Waals surface area contributed by atoms with E-state index in [0.29, 0.717) is 11.5 Å². The Morgan fingerprint density at radius 2 is 2.36 bits per heavy atom. The molecular formula is C7H11N3O. The third kappa shape index (κ3) is 1.81. The van der Waals surface area contributed by atoms with Crippen LogP contribution in [0.5, 0.6) is 0 Å². The van der Waals surface area contributed by atoms with Gasteiger partial charge in [-0.1, -0.05) is 0 Å². The molecular weight excluding hydrogens is 142 g/mol. The molecule has 1 aromatic rings. The van der Waals surface area contributed by atoms with Gasteiger partial charge in [0.05, 0.1) is 7.11 Å². The Morgan fingerprint density at radius 3 is 2.91 bits per heavy atom. The topological polar surface area (TPSA) is 51.4 Å². The molecule has 0 amide bonds. The standard InChI is InChI=1S/C7H11N3O/c1-10(11-2)7-5-6(8)3-4-9-7/h3-5H,1-2H3,(H2,8,9). The summed E-state index contributed by atoms with van der Waals surface area (Å²) in [5, 5.41) is 1.54. The van der Waals surface area contributed by atoms with Gasteiger partial charge in [-0.05, 0) is 6.07 Å². The summed E-state index contributed by atoms with van der Waals surface area (Å²) in [6, 6.07) is 3.47. The molecule has 1 heterocycles. The smallest absolute Gasteiger partial charge is 0.154 e. The van der Waals surface area contributed by atoms with E-state index in [1.54, 1.807) is 32.5 Å². The van der Waals surface area contributed by atoms with Crippen LogP contribution in [0.2, 0.25) is 0 Å². The highest BCUT2D eigenvalue weighted by molar-refractivity contribution is 5.48. The molecule has 0 radical (unpaired) electrons. The van der Waals surface area contributed by atoms with Crippen LogP contribution >= 0.6 is 0 Å². The van der Waals surface area contributed by atoms with E-state index in [2.05, 4.69) is 4.98 Å². The number of aromatic nitrogens is 1. The van der Waals surface area contributed by atoms with Crippen LogP contribution in [0.25, 0.3) is 0 Å². The van der Waals surface area contributed by atoms with Crippen molar-refractivity contribution in [1.29, 1.82) is 0 Å². The molecule has 4 heteroatoms. The molecule has 0 atom stereocenters. The van der Waals surface area contributed by atoms with Gasteiger partial charge in [0.15, 0.2) is 5.82 Å². The van der Waals surface area contributed by atoms with Crippen molar-refractivity contribution in [2.45, 2.75) is 0 Å². The van der Waals surface area contributed by atoms with Crippen molar-refractivity contribution in [1.82, 2.24) is 4.98 Å². The first-order valence-electron chi connectivity index (χ1n) is 3.23. The third-order valence-electron chi connectivity index (χ3n) is 1.37. The SMILES string of the molecule is CON(C)c1cc(N)ccn1. The number of nitrogens with two attached hydrogens (primary N) is 1. The van der Waals surface area contributed by atoms with Crippen molar-refractivity contribution in [3.8, 4) is 0 Å². The molecule has 2 N–H and O–H groups in total. The maximum absolute atomic E-state index is 5.53. The lowest BCUT2D eigenvalue weighted by atomic mass is 10.4. The Morgan fingerprint density at radius 1 is 1.64 bits per heavy atom. The predicted octanol–water partition coefficient (Wildman–Crippen LogP) is 0.661. The summed E-state index contributed by atoms with van der Waals surface area (Å²) in [4.78, 5) is 8.94. The lowest BCUT2D eigenvalue weighted by Crippen LogP contribution is -2.16. The lowest BCUT2D eigenvalue weighted by molar-refractivity contribution is 0.182. The zero-order valence-electron chi connectivity index (χ0n) is 6.61. The van der Waals surface area contributed by atoms with Crippen molar-refractivity contribution in [3.63, 3.8) is 0 Å². The molecule has 0 aliphatic heterocycles. The average molecular weight is 153 g/mol. The number of pyridine rings is 1. The first kappa shape index (κ1) is 7.81. The van der Waals surface area contributed by atoms with E-state index >= 15 is 0 Å². The summed E-state index contributed by atoms with van der Waals surface area (Å²) in [6.45, 7) is 0. The van der Waals surface area contributed by atoms with Crippen LogP contribution in [0.4, 0.5) is 11.5 Å². The summed E-state index contributed by atoms with van der Waals surface area (Å²) in [6.07, 6.45) is 1.64. The molecule has 1 aromatic heterocycles. The number of nitrogens with zero attached hydrogens (tertiary/aromatic N) is 2. The zero-order valence-corrected chi connectivity index (χ0v) is 6.61. The van der Waals surface area contributed by atoms with Gasteiger partial charge in [-0.25, -0.2) is 10.0 Å². The van der Waals surface area contributed by atoms with Gasteiger partial charge in [0.25, 0.3) is 0 Å². The fourth-order valence-electron chi connectivity index (χ4n) is 0.700. The molecule has 11 heavy (non-hydrogen) atoms. The van der Waals surface area contributed by atoms with Crippen LogP contribution in [0.15, 0.2) is 18.3 Å². The largest absolute Gasteiger partial charge is 0.399 e. The monoisotopic (exact) mass is 153 g/mol. The van der Waals surface area contributed by atoms with E-state index in [0.717, 1.165) is 0 Å². The van der Waals surface area contributed by atoms with Crippen molar-refractivity contribution in [3.05, 3.63) is 18.3 Å². The highest BCUT2D eigenvalue weighted by Gasteiger charge is 1.98. The number of hydrogen-bond acceptors (Lipinski definition) is 4. The molecule has 0 aliphatic rings. The van der Waals surface area contributed by atoms with Gasteiger partial charge in [-0.2, -0.15) is 0 Å². The minimum atomic E-state index is 0.680. The van der Waals surface area contributed by atoms with Gasteiger partial charge in [0, 0.05) is 25.0 Å². The van der Waals surface area contributed by atoms with Gasteiger partial charge in [-0.3, -0.25) is 4.84 Å². The van der Waals surface area contributed by atoms with Gasteiger partial charge >= 0.3 is 0 Å². The van der Waals surface area contributed by atoms with Crippen molar-refractivity contribution < 1.29 is 4.84 Å². The van der Waals surface area contributed by atoms with Crippen LogP contribution in [0.1, 0.15) is 0 Å². The number of hydrogen-bond donors (Lipinski definition) is 1. The van der Waals surface area contributed by atoms with Crippen LogP contribution in [0.3, 0.4) is 0 Å². The number of rotatable bonds is 2. The maximum Gasteiger partial charge on any atom is 0.154 e. The minimum Gasteiger partial charge on any atom is -0.399 e. The minimum absolute atomic E-state index is 0.680. The fourth-order valence-corrected chi connectivity index (χ4v) is 0.700. The van der Waals surface area contributed by atoms with E-state index in [9.17, 15) is 0 Å². The second-order valence-electron chi connectivity index (χ2n) is 2.13. The molecule has 1 rings (SSSR count). The molecule has 0 bridgehead atoms. The van der Waals surface area contributed by atoms with Crippen LogP contribution in [-0.4, -0.2) is 19.1 Å². The molecule has 0 spiro atoms. The summed E-state index contributed by atoms with van der Waals surface area (Å²) >= 11 is 0. The summed E-state index contributed by atoms with van der Waals surface area (Å²) in [7, 11) is 3.34. The summed E-state index contributed by atoms with van der Waals surface area (Å²) in [5.74, 6) is 0.701. The van der Waals surface area contributed by atoms with E-state index < -0.39 is 0 Å². The number of nitrogen functional groups attached to an aromatic ring is 1.